The van der Waals surface area contributed by atoms with Crippen molar-refractivity contribution in [3.8, 4) is 5.75 Å². The van der Waals surface area contributed by atoms with Crippen molar-refractivity contribution in [2.24, 2.45) is 0 Å². The molecular formula is C14H15NO3. The number of phenolic OH excluding ortho intramolecular Hbond substituents is 1. The van der Waals surface area contributed by atoms with Crippen molar-refractivity contribution in [3.63, 3.8) is 0 Å². The van der Waals surface area contributed by atoms with E-state index in [0.717, 1.165) is 10.8 Å². The van der Waals surface area contributed by atoms with Crippen LogP contribution in [0.4, 0.5) is 0 Å². The summed E-state index contributed by atoms with van der Waals surface area (Å²) in [7, 11) is 0. The van der Waals surface area contributed by atoms with E-state index in [2.05, 4.69) is 4.98 Å². The van der Waals surface area contributed by atoms with Crippen LogP contribution in [0.3, 0.4) is 0 Å². The lowest BCUT2D eigenvalue weighted by atomic mass is 10.1. The number of aromatic nitrogens is 1. The Morgan fingerprint density at radius 2 is 1.94 bits per heavy atom. The molecule has 0 saturated heterocycles. The molecule has 1 N–H and O–H groups in total. The van der Waals surface area contributed by atoms with Crippen molar-refractivity contribution in [2.45, 2.75) is 26.4 Å². The average molecular weight is 245 g/mol. The number of hydrogen-bond acceptors (Lipinski definition) is 4. The Labute approximate surface area is 105 Å². The van der Waals surface area contributed by atoms with E-state index < -0.39 is 11.6 Å². The van der Waals surface area contributed by atoms with Gasteiger partial charge in [0.2, 0.25) is 0 Å². The smallest absolute Gasteiger partial charge is 0.357 e. The molecule has 2 aromatic rings. The van der Waals surface area contributed by atoms with Crippen LogP contribution in [-0.4, -0.2) is 21.7 Å². The number of phenols is 1. The van der Waals surface area contributed by atoms with E-state index in [-0.39, 0.29) is 11.4 Å². The van der Waals surface area contributed by atoms with E-state index in [9.17, 15) is 9.90 Å². The summed E-state index contributed by atoms with van der Waals surface area (Å²) in [6.45, 7) is 5.43. The van der Waals surface area contributed by atoms with Gasteiger partial charge in [-0.3, -0.25) is 0 Å². The van der Waals surface area contributed by atoms with Gasteiger partial charge in [-0.15, -0.1) is 0 Å². The van der Waals surface area contributed by atoms with Crippen molar-refractivity contribution < 1.29 is 14.6 Å². The molecule has 0 atom stereocenters. The summed E-state index contributed by atoms with van der Waals surface area (Å²) < 4.78 is 5.25. The Morgan fingerprint density at radius 1 is 1.22 bits per heavy atom. The number of esters is 1. The molecule has 4 nitrogen and oxygen atoms in total. The number of rotatable bonds is 1. The van der Waals surface area contributed by atoms with Crippen LogP contribution in [0.5, 0.6) is 5.75 Å². The third-order valence-corrected chi connectivity index (χ3v) is 2.31. The molecule has 0 radical (unpaired) electrons. The minimum absolute atomic E-state index is 0.175. The van der Waals surface area contributed by atoms with Gasteiger partial charge in [-0.2, -0.15) is 0 Å². The van der Waals surface area contributed by atoms with Crippen LogP contribution in [0.1, 0.15) is 31.3 Å². The summed E-state index contributed by atoms with van der Waals surface area (Å²) >= 11 is 0. The lowest BCUT2D eigenvalue weighted by Gasteiger charge is -2.19. The zero-order valence-electron chi connectivity index (χ0n) is 10.6. The van der Waals surface area contributed by atoms with Crippen LogP contribution in [0.15, 0.2) is 30.5 Å². The van der Waals surface area contributed by atoms with E-state index in [0.29, 0.717) is 0 Å². The summed E-state index contributed by atoms with van der Waals surface area (Å²) in [6, 6.07) is 6.56. The van der Waals surface area contributed by atoms with Crippen molar-refractivity contribution in [3.05, 3.63) is 36.2 Å². The number of nitrogens with zero attached hydrogens (tertiary/aromatic N) is 1. The monoisotopic (exact) mass is 245 g/mol. The Morgan fingerprint density at radius 3 is 2.61 bits per heavy atom. The quantitative estimate of drug-likeness (QED) is 0.785. The third kappa shape index (κ3) is 2.77. The Kier molecular flexibility index (Phi) is 2.95. The zero-order chi connectivity index (χ0) is 13.3. The molecule has 0 bridgehead atoms. The highest BCUT2D eigenvalue weighted by Crippen LogP contribution is 2.20. The number of aromatic hydroxyl groups is 1. The van der Waals surface area contributed by atoms with Crippen molar-refractivity contribution in [2.75, 3.05) is 0 Å². The molecule has 4 heteroatoms. The zero-order valence-corrected chi connectivity index (χ0v) is 10.6. The van der Waals surface area contributed by atoms with Crippen LogP contribution >= 0.6 is 0 Å². The molecule has 0 aliphatic heterocycles. The first-order valence-electron chi connectivity index (χ1n) is 5.67. The van der Waals surface area contributed by atoms with Crippen molar-refractivity contribution in [1.29, 1.82) is 0 Å². The SMILES string of the molecule is CC(C)(C)OC(=O)c1cc2ccc(O)cc2cn1. The van der Waals surface area contributed by atoms with Gasteiger partial charge in [0.1, 0.15) is 17.0 Å². The Bertz CT molecular complexity index is 600. The summed E-state index contributed by atoms with van der Waals surface area (Å²) in [5.41, 5.74) is -0.272. The van der Waals surface area contributed by atoms with Crippen LogP contribution in [0.25, 0.3) is 10.8 Å². The molecule has 0 spiro atoms. The average Bonchev–Trinajstić information content (AvgIpc) is 2.26. The van der Waals surface area contributed by atoms with E-state index in [4.69, 9.17) is 4.74 Å². The largest absolute Gasteiger partial charge is 0.508 e. The number of carbonyl (C=O) groups excluding carboxylic acids is 1. The normalized spacial score (nSPS) is 11.5. The molecule has 0 saturated carbocycles. The highest BCUT2D eigenvalue weighted by Gasteiger charge is 2.18. The maximum Gasteiger partial charge on any atom is 0.357 e. The van der Waals surface area contributed by atoms with E-state index in [1.54, 1.807) is 30.5 Å². The lowest BCUT2D eigenvalue weighted by molar-refractivity contribution is 0.00631. The standard InChI is InChI=1S/C14H15NO3/c1-14(2,3)18-13(17)12-7-9-4-5-11(16)6-10(9)8-15-12/h4-8,16H,1-3H3. The van der Waals surface area contributed by atoms with Crippen molar-refractivity contribution >= 4 is 16.7 Å². The first-order valence-corrected chi connectivity index (χ1v) is 5.67. The van der Waals surface area contributed by atoms with Crippen LogP contribution in [0, 0.1) is 0 Å². The number of benzene rings is 1. The third-order valence-electron chi connectivity index (χ3n) is 2.31. The fraction of sp³-hybridized carbons (Fsp3) is 0.286. The van der Waals surface area contributed by atoms with Gasteiger partial charge < -0.3 is 9.84 Å². The van der Waals surface area contributed by atoms with Crippen LogP contribution in [-0.2, 0) is 4.74 Å². The van der Waals surface area contributed by atoms with Gasteiger partial charge in [0.25, 0.3) is 0 Å². The number of pyridine rings is 1. The van der Waals surface area contributed by atoms with Crippen LogP contribution in [0.2, 0.25) is 0 Å². The first-order chi connectivity index (χ1) is 8.35. The second-order valence-corrected chi connectivity index (χ2v) is 5.10. The summed E-state index contributed by atoms with van der Waals surface area (Å²) in [4.78, 5) is 15.9. The number of ether oxygens (including phenoxy) is 1. The molecule has 1 aromatic heterocycles. The predicted octanol–water partition coefficient (Wildman–Crippen LogP) is 2.90. The predicted molar refractivity (Wildman–Crippen MR) is 68.6 cm³/mol. The summed E-state index contributed by atoms with van der Waals surface area (Å²) in [5, 5.41) is 11.0. The molecule has 0 aliphatic carbocycles. The number of fused-ring (bicyclic) bond motifs is 1. The second kappa shape index (κ2) is 4.29. The molecule has 0 aliphatic rings. The molecule has 1 heterocycles. The van der Waals surface area contributed by atoms with E-state index >= 15 is 0 Å². The molecule has 0 fully saturated rings. The molecular weight excluding hydrogens is 230 g/mol. The number of carbonyl (C=O) groups is 1. The van der Waals surface area contributed by atoms with E-state index in [1.807, 2.05) is 20.8 Å². The molecule has 0 unspecified atom stereocenters. The minimum Gasteiger partial charge on any atom is -0.508 e. The fourth-order valence-corrected chi connectivity index (χ4v) is 1.57. The number of hydrogen-bond donors (Lipinski definition) is 1. The molecule has 0 amide bonds. The molecule has 18 heavy (non-hydrogen) atoms. The van der Waals surface area contributed by atoms with Gasteiger partial charge in [-0.05, 0) is 44.4 Å². The molecule has 2 rings (SSSR count). The van der Waals surface area contributed by atoms with Crippen LogP contribution < -0.4 is 0 Å². The fourth-order valence-electron chi connectivity index (χ4n) is 1.57. The summed E-state index contributed by atoms with van der Waals surface area (Å²) in [6.07, 6.45) is 1.55. The molecule has 1 aromatic carbocycles. The Balaban J connectivity index is 2.36. The highest BCUT2D eigenvalue weighted by atomic mass is 16.6. The van der Waals surface area contributed by atoms with Gasteiger partial charge >= 0.3 is 5.97 Å². The highest BCUT2D eigenvalue weighted by molar-refractivity contribution is 5.93. The van der Waals surface area contributed by atoms with Gasteiger partial charge in [-0.1, -0.05) is 6.07 Å². The topological polar surface area (TPSA) is 59.4 Å². The first kappa shape index (κ1) is 12.4. The van der Waals surface area contributed by atoms with Crippen molar-refractivity contribution in [1.82, 2.24) is 4.98 Å². The maximum absolute atomic E-state index is 11.8. The summed E-state index contributed by atoms with van der Waals surface area (Å²) in [5.74, 6) is -0.271. The van der Waals surface area contributed by atoms with Gasteiger partial charge in [0.05, 0.1) is 0 Å². The van der Waals surface area contributed by atoms with Gasteiger partial charge in [0, 0.05) is 11.6 Å². The van der Waals surface area contributed by atoms with Gasteiger partial charge in [0.15, 0.2) is 0 Å². The van der Waals surface area contributed by atoms with Gasteiger partial charge in [-0.25, -0.2) is 9.78 Å². The second-order valence-electron chi connectivity index (χ2n) is 5.10. The van der Waals surface area contributed by atoms with E-state index in [1.165, 1.54) is 0 Å². The lowest BCUT2D eigenvalue weighted by Crippen LogP contribution is -2.24. The molecule has 94 valence electrons. The Hall–Kier alpha value is -2.10. The minimum atomic E-state index is -0.539. The maximum atomic E-state index is 11.8.